The van der Waals surface area contributed by atoms with E-state index < -0.39 is 68.3 Å². The van der Waals surface area contributed by atoms with Crippen molar-refractivity contribution in [3.8, 4) is 5.75 Å². The van der Waals surface area contributed by atoms with Gasteiger partial charge in [-0.25, -0.2) is 9.18 Å². The van der Waals surface area contributed by atoms with Crippen LogP contribution in [0, 0.1) is 0 Å². The normalized spacial score (nSPS) is 25.6. The van der Waals surface area contributed by atoms with Gasteiger partial charge in [-0.2, -0.15) is 0 Å². The molecule has 198 valence electrons. The summed E-state index contributed by atoms with van der Waals surface area (Å²) >= 11 is 0. The molecule has 36 heavy (non-hydrogen) atoms. The fourth-order valence-corrected chi connectivity index (χ4v) is 4.51. The lowest BCUT2D eigenvalue weighted by Crippen LogP contribution is -2.43. The van der Waals surface area contributed by atoms with Crippen molar-refractivity contribution in [1.82, 2.24) is 14.4 Å². The predicted molar refractivity (Wildman–Crippen MR) is 125 cm³/mol. The maximum Gasteiger partial charge on any atom is 0.330 e. The number of hydrogen-bond acceptors (Lipinski definition) is 9. The maximum atomic E-state index is 15.4. The van der Waals surface area contributed by atoms with Gasteiger partial charge in [0.25, 0.3) is 13.7 Å². The molecule has 2 N–H and O–H groups in total. The number of aromatic amines is 1. The number of nitrogens with zero attached hydrogens (tertiary/aromatic N) is 2. The van der Waals surface area contributed by atoms with Crippen molar-refractivity contribution in [2.45, 2.75) is 63.9 Å². The molecule has 0 radical (unpaired) electrons. The number of aromatic nitrogens is 2. The van der Waals surface area contributed by atoms with Gasteiger partial charge in [-0.3, -0.25) is 23.7 Å². The maximum absolute atomic E-state index is 15.4. The molecule has 1 aliphatic rings. The summed E-state index contributed by atoms with van der Waals surface area (Å²) in [6.45, 7) is 5.19. The first kappa shape index (κ1) is 27.8. The second kappa shape index (κ2) is 11.5. The number of aliphatic hydroxyl groups excluding tert-OH is 1. The van der Waals surface area contributed by atoms with Crippen LogP contribution in [0.2, 0.25) is 0 Å². The average Bonchev–Trinajstić information content (AvgIpc) is 3.04. The number of H-pyrrole nitrogens is 1. The Labute approximate surface area is 206 Å². The summed E-state index contributed by atoms with van der Waals surface area (Å²) in [5, 5.41) is 10.5. The number of rotatable bonds is 10. The quantitative estimate of drug-likeness (QED) is 0.264. The van der Waals surface area contributed by atoms with Crippen molar-refractivity contribution < 1.29 is 37.7 Å². The first-order chi connectivity index (χ1) is 16.9. The number of esters is 1. The Morgan fingerprint density at radius 1 is 1.28 bits per heavy atom. The Morgan fingerprint density at radius 3 is 2.56 bits per heavy atom. The zero-order chi connectivity index (χ0) is 26.6. The number of ether oxygens (including phenoxy) is 2. The predicted octanol–water partition coefficient (Wildman–Crippen LogP) is 1.57. The molecule has 1 aromatic carbocycles. The van der Waals surface area contributed by atoms with Crippen molar-refractivity contribution in [3.63, 3.8) is 0 Å². The summed E-state index contributed by atoms with van der Waals surface area (Å²) in [5.41, 5.74) is -4.07. The van der Waals surface area contributed by atoms with E-state index in [1.54, 1.807) is 44.2 Å². The summed E-state index contributed by atoms with van der Waals surface area (Å²) in [4.78, 5) is 44.3. The standard InChI is InChI=1S/C22H29FN3O9P/c1-13(2)33-19(29)14(3)26(35-15-8-6-5-7-9-15)36(31)32-12-16-18(28)22(4,23)20(34-16)25-11-10-17(27)24-21(25)30/h5-11,13-14,16,18,20,28,36H,12H2,1-4H3,(H,24,27,30)/t14?,16-,18-,20-,22-/m1/s1. The summed E-state index contributed by atoms with van der Waals surface area (Å²) in [5.74, 6) is -0.441. The van der Waals surface area contributed by atoms with E-state index in [1.807, 2.05) is 4.98 Å². The summed E-state index contributed by atoms with van der Waals surface area (Å²) in [6, 6.07) is 8.10. The molecule has 1 aliphatic heterocycles. The second-order valence-electron chi connectivity index (χ2n) is 8.61. The SMILES string of the molecule is CC(C)OC(=O)C(C)N(Oc1ccccc1)[PH](=O)OC[C@H]1O[C@@H](n2ccc(=O)[nH]c2=O)[C@](C)(F)[C@@H]1O. The van der Waals surface area contributed by atoms with E-state index in [-0.39, 0.29) is 5.75 Å². The molecule has 2 aromatic rings. The van der Waals surface area contributed by atoms with Crippen LogP contribution < -0.4 is 16.1 Å². The number of hydroxylamine groups is 1. The van der Waals surface area contributed by atoms with Gasteiger partial charge in [-0.1, -0.05) is 23.0 Å². The van der Waals surface area contributed by atoms with Gasteiger partial charge in [0.1, 0.15) is 24.0 Å². The number of carbonyl (C=O) groups excluding carboxylic acids is 1. The minimum absolute atomic E-state index is 0.273. The lowest BCUT2D eigenvalue weighted by molar-refractivity contribution is -0.159. The minimum Gasteiger partial charge on any atom is -0.462 e. The summed E-state index contributed by atoms with van der Waals surface area (Å²) < 4.78 is 45.3. The molecule has 0 spiro atoms. The number of para-hydroxylation sites is 1. The van der Waals surface area contributed by atoms with E-state index in [9.17, 15) is 24.1 Å². The van der Waals surface area contributed by atoms with Crippen molar-refractivity contribution >= 4 is 14.1 Å². The summed E-state index contributed by atoms with van der Waals surface area (Å²) in [7, 11) is -3.32. The molecule has 0 aliphatic carbocycles. The highest BCUT2D eigenvalue weighted by atomic mass is 31.1. The van der Waals surface area contributed by atoms with Crippen LogP contribution in [-0.4, -0.2) is 62.1 Å². The zero-order valence-corrected chi connectivity index (χ0v) is 21.1. The monoisotopic (exact) mass is 529 g/mol. The van der Waals surface area contributed by atoms with Crippen molar-refractivity contribution in [2.24, 2.45) is 0 Å². The van der Waals surface area contributed by atoms with Crippen LogP contribution in [0.4, 0.5) is 4.39 Å². The zero-order valence-electron chi connectivity index (χ0n) is 20.1. The van der Waals surface area contributed by atoms with Gasteiger partial charge in [0.05, 0.1) is 12.7 Å². The van der Waals surface area contributed by atoms with Gasteiger partial charge in [0.2, 0.25) is 0 Å². The number of hydrogen-bond donors (Lipinski definition) is 2. The van der Waals surface area contributed by atoms with Gasteiger partial charge >= 0.3 is 11.7 Å². The average molecular weight is 529 g/mol. The van der Waals surface area contributed by atoms with E-state index in [2.05, 4.69) is 0 Å². The number of benzene rings is 1. The van der Waals surface area contributed by atoms with E-state index in [0.717, 1.165) is 28.6 Å². The number of alkyl halides is 1. The van der Waals surface area contributed by atoms with Crippen LogP contribution in [0.3, 0.4) is 0 Å². The van der Waals surface area contributed by atoms with Gasteiger partial charge < -0.3 is 23.9 Å². The largest absolute Gasteiger partial charge is 0.462 e. The lowest BCUT2D eigenvalue weighted by atomic mass is 9.98. The lowest BCUT2D eigenvalue weighted by Gasteiger charge is -2.27. The molecule has 14 heteroatoms. The van der Waals surface area contributed by atoms with E-state index in [4.69, 9.17) is 18.8 Å². The smallest absolute Gasteiger partial charge is 0.330 e. The van der Waals surface area contributed by atoms with Gasteiger partial charge in [-0.15, -0.1) is 0 Å². The molecule has 12 nitrogen and oxygen atoms in total. The molecular weight excluding hydrogens is 500 g/mol. The third-order valence-corrected chi connectivity index (χ3v) is 6.62. The Bertz CT molecular complexity index is 1190. The van der Waals surface area contributed by atoms with E-state index in [0.29, 0.717) is 0 Å². The Balaban J connectivity index is 1.75. The van der Waals surface area contributed by atoms with Crippen LogP contribution in [0.1, 0.15) is 33.9 Å². The molecule has 2 heterocycles. The van der Waals surface area contributed by atoms with Crippen LogP contribution in [0.15, 0.2) is 52.2 Å². The van der Waals surface area contributed by atoms with Crippen molar-refractivity contribution in [2.75, 3.05) is 6.61 Å². The molecule has 1 aromatic heterocycles. The first-order valence-corrected chi connectivity index (χ1v) is 12.4. The van der Waals surface area contributed by atoms with Crippen molar-refractivity contribution in [1.29, 1.82) is 0 Å². The van der Waals surface area contributed by atoms with Crippen LogP contribution >= 0.6 is 8.18 Å². The van der Waals surface area contributed by atoms with E-state index >= 15 is 4.39 Å². The Hall–Kier alpha value is -2.83. The van der Waals surface area contributed by atoms with E-state index in [1.165, 1.54) is 6.92 Å². The molecule has 6 atom stereocenters. The molecule has 0 bridgehead atoms. The van der Waals surface area contributed by atoms with Crippen LogP contribution in [0.25, 0.3) is 0 Å². The molecule has 0 saturated carbocycles. The summed E-state index contributed by atoms with van der Waals surface area (Å²) in [6.07, 6.45) is -4.10. The third kappa shape index (κ3) is 6.29. The van der Waals surface area contributed by atoms with Gasteiger partial charge in [0, 0.05) is 12.3 Å². The molecule has 0 amide bonds. The molecule has 3 rings (SSSR count). The number of nitrogens with one attached hydrogen (secondary N) is 1. The number of aliphatic hydroxyl groups is 1. The molecular formula is C22H29FN3O9P. The Morgan fingerprint density at radius 2 is 1.94 bits per heavy atom. The highest BCUT2D eigenvalue weighted by Crippen LogP contribution is 2.42. The van der Waals surface area contributed by atoms with Crippen molar-refractivity contribution in [3.05, 3.63) is 63.4 Å². The number of carbonyl (C=O) groups is 1. The highest BCUT2D eigenvalue weighted by Gasteiger charge is 2.55. The highest BCUT2D eigenvalue weighted by molar-refractivity contribution is 7.36. The molecule has 1 fully saturated rings. The number of halogens is 1. The third-order valence-electron chi connectivity index (χ3n) is 5.36. The Kier molecular flexibility index (Phi) is 8.85. The van der Waals surface area contributed by atoms with Crippen LogP contribution in [0.5, 0.6) is 5.75 Å². The fourth-order valence-electron chi connectivity index (χ4n) is 3.48. The minimum atomic E-state index is -3.32. The second-order valence-corrected chi connectivity index (χ2v) is 9.87. The van der Waals surface area contributed by atoms with Gasteiger partial charge in [-0.05, 0) is 39.8 Å². The molecule has 2 unspecified atom stereocenters. The van der Waals surface area contributed by atoms with Crippen LogP contribution in [-0.2, 0) is 23.4 Å². The first-order valence-electron chi connectivity index (χ1n) is 11.1. The van der Waals surface area contributed by atoms with Gasteiger partial charge in [0.15, 0.2) is 11.9 Å². The topological polar surface area (TPSA) is 149 Å². The molecule has 1 saturated heterocycles. The fraction of sp³-hybridized carbons (Fsp3) is 0.500.